The van der Waals surface area contributed by atoms with Gasteiger partial charge in [-0.1, -0.05) is 18.2 Å². The molecule has 19 heavy (non-hydrogen) atoms. The topological polar surface area (TPSA) is 46.0 Å². The average molecular weight is 270 g/mol. The van der Waals surface area contributed by atoms with Crippen LogP contribution in [-0.2, 0) is 6.42 Å². The van der Waals surface area contributed by atoms with Gasteiger partial charge in [0.15, 0.2) is 0 Å². The summed E-state index contributed by atoms with van der Waals surface area (Å²) in [6.07, 6.45) is 3.64. The molecule has 1 N–H and O–H groups in total. The van der Waals surface area contributed by atoms with Gasteiger partial charge in [-0.2, -0.15) is 0 Å². The third-order valence-electron chi connectivity index (χ3n) is 3.12. The minimum absolute atomic E-state index is 0.503. The fourth-order valence-corrected chi connectivity index (χ4v) is 2.95. The van der Waals surface area contributed by atoms with Crippen LogP contribution in [0, 0.1) is 6.92 Å². The summed E-state index contributed by atoms with van der Waals surface area (Å²) < 4.78 is 0. The molecule has 0 radical (unpaired) electrons. The number of thiazole rings is 1. The monoisotopic (exact) mass is 270 g/mol. The van der Waals surface area contributed by atoms with E-state index in [4.69, 9.17) is 0 Å². The van der Waals surface area contributed by atoms with Crippen molar-refractivity contribution in [1.82, 2.24) is 9.97 Å². The van der Waals surface area contributed by atoms with Crippen LogP contribution in [0.4, 0.5) is 0 Å². The van der Waals surface area contributed by atoms with Crippen molar-refractivity contribution in [3.63, 3.8) is 0 Å². The molecule has 0 spiro atoms. The van der Waals surface area contributed by atoms with Gasteiger partial charge in [0.1, 0.15) is 0 Å². The lowest BCUT2D eigenvalue weighted by Gasteiger charge is -2.10. The van der Waals surface area contributed by atoms with E-state index in [1.807, 2.05) is 37.3 Å². The molecule has 96 valence electrons. The Balaban J connectivity index is 1.93. The third kappa shape index (κ3) is 2.50. The van der Waals surface area contributed by atoms with Crippen LogP contribution in [-0.4, -0.2) is 15.1 Å². The predicted molar refractivity (Wildman–Crippen MR) is 77.3 cm³/mol. The molecule has 0 fully saturated rings. The summed E-state index contributed by atoms with van der Waals surface area (Å²) in [5.41, 5.74) is 2.08. The zero-order valence-electron chi connectivity index (χ0n) is 10.6. The molecule has 0 saturated carbocycles. The lowest BCUT2D eigenvalue weighted by Crippen LogP contribution is -2.00. The van der Waals surface area contributed by atoms with Crippen LogP contribution in [0.15, 0.2) is 42.7 Å². The Bertz CT molecular complexity index is 703. The smallest absolute Gasteiger partial charge is 0.0938 e. The summed E-state index contributed by atoms with van der Waals surface area (Å²) in [6, 6.07) is 9.97. The third-order valence-corrected chi connectivity index (χ3v) is 4.13. The molecule has 0 aliphatic rings. The van der Waals surface area contributed by atoms with Gasteiger partial charge in [0, 0.05) is 24.2 Å². The number of aromatic nitrogens is 2. The van der Waals surface area contributed by atoms with E-state index in [0.29, 0.717) is 6.42 Å². The molecule has 1 atom stereocenters. The number of hydrogen-bond acceptors (Lipinski definition) is 4. The van der Waals surface area contributed by atoms with Gasteiger partial charge >= 0.3 is 0 Å². The van der Waals surface area contributed by atoms with Crippen LogP contribution in [0.5, 0.6) is 0 Å². The first kappa shape index (κ1) is 12.3. The maximum absolute atomic E-state index is 10.3. The standard InChI is InChI=1S/C15H14N2OS/c1-10-17-9-15(19-10)14(18)8-11-6-7-16-13-5-3-2-4-12(11)13/h2-7,9,14,18H,8H2,1H3. The maximum Gasteiger partial charge on any atom is 0.0938 e. The number of aliphatic hydroxyl groups excluding tert-OH is 1. The van der Waals surface area contributed by atoms with Gasteiger partial charge in [0.25, 0.3) is 0 Å². The molecule has 2 heterocycles. The summed E-state index contributed by atoms with van der Waals surface area (Å²) in [4.78, 5) is 9.44. The molecule has 0 saturated heterocycles. The second kappa shape index (κ2) is 5.07. The van der Waals surface area contributed by atoms with Crippen molar-refractivity contribution in [1.29, 1.82) is 0 Å². The zero-order chi connectivity index (χ0) is 13.2. The molecule has 0 aliphatic carbocycles. The fourth-order valence-electron chi connectivity index (χ4n) is 2.17. The van der Waals surface area contributed by atoms with Crippen molar-refractivity contribution < 1.29 is 5.11 Å². The Hall–Kier alpha value is -1.78. The Labute approximate surface area is 115 Å². The molecule has 1 unspecified atom stereocenters. The van der Waals surface area contributed by atoms with Gasteiger partial charge in [0.2, 0.25) is 0 Å². The van der Waals surface area contributed by atoms with E-state index >= 15 is 0 Å². The second-order valence-corrected chi connectivity index (χ2v) is 5.76. The minimum Gasteiger partial charge on any atom is -0.387 e. The molecule has 2 aromatic heterocycles. The van der Waals surface area contributed by atoms with Crippen LogP contribution in [0.1, 0.15) is 21.6 Å². The first-order chi connectivity index (χ1) is 9.24. The molecule has 3 nitrogen and oxygen atoms in total. The maximum atomic E-state index is 10.3. The predicted octanol–water partition coefficient (Wildman–Crippen LogP) is 3.28. The SMILES string of the molecule is Cc1ncc(C(O)Cc2ccnc3ccccc23)s1. The highest BCUT2D eigenvalue weighted by Gasteiger charge is 2.13. The van der Waals surface area contributed by atoms with Crippen molar-refractivity contribution in [2.75, 3.05) is 0 Å². The van der Waals surface area contributed by atoms with Gasteiger partial charge < -0.3 is 5.11 Å². The van der Waals surface area contributed by atoms with E-state index in [0.717, 1.165) is 26.4 Å². The van der Waals surface area contributed by atoms with Gasteiger partial charge in [-0.3, -0.25) is 4.98 Å². The van der Waals surface area contributed by atoms with Crippen LogP contribution < -0.4 is 0 Å². The van der Waals surface area contributed by atoms with E-state index in [1.165, 1.54) is 0 Å². The Morgan fingerprint density at radius 1 is 1.21 bits per heavy atom. The molecule has 0 amide bonds. The van der Waals surface area contributed by atoms with Crippen LogP contribution in [0.2, 0.25) is 0 Å². The molecule has 4 heteroatoms. The van der Waals surface area contributed by atoms with Crippen molar-refractivity contribution in [2.45, 2.75) is 19.4 Å². The summed E-state index contributed by atoms with van der Waals surface area (Å²) >= 11 is 1.54. The van der Waals surface area contributed by atoms with Gasteiger partial charge in [-0.15, -0.1) is 11.3 Å². The number of benzene rings is 1. The quantitative estimate of drug-likeness (QED) is 0.794. The van der Waals surface area contributed by atoms with E-state index in [9.17, 15) is 5.11 Å². The van der Waals surface area contributed by atoms with Crippen molar-refractivity contribution in [3.8, 4) is 0 Å². The van der Waals surface area contributed by atoms with Crippen LogP contribution >= 0.6 is 11.3 Å². The minimum atomic E-state index is -0.503. The first-order valence-corrected chi connectivity index (χ1v) is 6.99. The molecular formula is C15H14N2OS. The number of fused-ring (bicyclic) bond motifs is 1. The zero-order valence-corrected chi connectivity index (χ0v) is 11.4. The Morgan fingerprint density at radius 3 is 2.84 bits per heavy atom. The van der Waals surface area contributed by atoms with Crippen LogP contribution in [0.3, 0.4) is 0 Å². The first-order valence-electron chi connectivity index (χ1n) is 6.17. The van der Waals surface area contributed by atoms with Gasteiger partial charge in [-0.25, -0.2) is 4.98 Å². The van der Waals surface area contributed by atoms with Crippen molar-refractivity contribution in [3.05, 3.63) is 58.2 Å². The largest absolute Gasteiger partial charge is 0.387 e. The average Bonchev–Trinajstić information content (AvgIpc) is 2.86. The van der Waals surface area contributed by atoms with Crippen molar-refractivity contribution in [2.24, 2.45) is 0 Å². The molecule has 1 aromatic carbocycles. The molecule has 3 aromatic rings. The second-order valence-electron chi connectivity index (χ2n) is 4.49. The fraction of sp³-hybridized carbons (Fsp3) is 0.200. The molecule has 3 rings (SSSR count). The summed E-state index contributed by atoms with van der Waals surface area (Å²) in [5.74, 6) is 0. The highest BCUT2D eigenvalue weighted by Crippen LogP contribution is 2.26. The Kier molecular flexibility index (Phi) is 3.27. The van der Waals surface area contributed by atoms with E-state index in [2.05, 4.69) is 9.97 Å². The highest BCUT2D eigenvalue weighted by atomic mass is 32.1. The lowest BCUT2D eigenvalue weighted by molar-refractivity contribution is 0.182. The lowest BCUT2D eigenvalue weighted by atomic mass is 10.0. The molecular weight excluding hydrogens is 256 g/mol. The number of nitrogens with zero attached hydrogens (tertiary/aromatic N) is 2. The number of para-hydroxylation sites is 1. The number of pyridine rings is 1. The number of hydrogen-bond donors (Lipinski definition) is 1. The van der Waals surface area contributed by atoms with Crippen molar-refractivity contribution >= 4 is 22.2 Å². The van der Waals surface area contributed by atoms with Gasteiger partial charge in [-0.05, 0) is 24.6 Å². The summed E-state index contributed by atoms with van der Waals surface area (Å²) in [7, 11) is 0. The van der Waals surface area contributed by atoms with E-state index in [1.54, 1.807) is 23.7 Å². The number of aliphatic hydroxyl groups is 1. The number of aryl methyl sites for hydroxylation is 1. The van der Waals surface area contributed by atoms with Gasteiger partial charge in [0.05, 0.1) is 21.5 Å². The number of rotatable bonds is 3. The summed E-state index contributed by atoms with van der Waals surface area (Å²) in [5, 5.41) is 12.4. The molecule has 0 bridgehead atoms. The normalized spacial score (nSPS) is 12.7. The van der Waals surface area contributed by atoms with E-state index in [-0.39, 0.29) is 0 Å². The summed E-state index contributed by atoms with van der Waals surface area (Å²) in [6.45, 7) is 1.95. The molecule has 0 aliphatic heterocycles. The van der Waals surface area contributed by atoms with Crippen LogP contribution in [0.25, 0.3) is 10.9 Å². The Morgan fingerprint density at radius 2 is 2.05 bits per heavy atom. The highest BCUT2D eigenvalue weighted by molar-refractivity contribution is 7.11. The van der Waals surface area contributed by atoms with E-state index < -0.39 is 6.10 Å².